The van der Waals surface area contributed by atoms with Gasteiger partial charge in [0.1, 0.15) is 11.5 Å². The minimum Gasteiger partial charge on any atom is -0.383 e. The number of methoxy groups -OCH3 is 2. The van der Waals surface area contributed by atoms with Crippen molar-refractivity contribution in [1.82, 2.24) is 24.9 Å². The maximum Gasteiger partial charge on any atom is 0.258 e. The van der Waals surface area contributed by atoms with Gasteiger partial charge in [-0.25, -0.2) is 9.07 Å². The molecule has 2 aromatic carbocycles. The molecule has 3 heterocycles. The summed E-state index contributed by atoms with van der Waals surface area (Å²) in [6.45, 7) is 0.957. The van der Waals surface area contributed by atoms with Crippen molar-refractivity contribution in [3.05, 3.63) is 76.5 Å². The summed E-state index contributed by atoms with van der Waals surface area (Å²) in [4.78, 5) is 30.5. The van der Waals surface area contributed by atoms with Crippen LogP contribution in [0.25, 0.3) is 27.8 Å². The second kappa shape index (κ2) is 10.00. The number of hydrogen-bond acceptors (Lipinski definition) is 6. The van der Waals surface area contributed by atoms with Crippen molar-refractivity contribution in [3.63, 3.8) is 0 Å². The largest absolute Gasteiger partial charge is 0.383 e. The van der Waals surface area contributed by atoms with Crippen LogP contribution in [0.4, 0.5) is 4.39 Å². The Morgan fingerprint density at radius 1 is 1.06 bits per heavy atom. The molecule has 2 aromatic heterocycles. The lowest BCUT2D eigenvalue weighted by molar-refractivity contribution is 0.0420. The summed E-state index contributed by atoms with van der Waals surface area (Å²) < 4.78 is 25.8. The SMILES string of the molecule is COC[C@H]1CC[C@H](COC)N1C(=O)c1ccc(-n2cc(-c3cc4cc(F)ccc4[nH]c3=O)nn2)cc1. The molecule has 1 aliphatic rings. The second-order valence-corrected chi connectivity index (χ2v) is 8.85. The van der Waals surface area contributed by atoms with Gasteiger partial charge in [0.15, 0.2) is 0 Å². The maximum atomic E-state index is 13.6. The summed E-state index contributed by atoms with van der Waals surface area (Å²) in [5.74, 6) is -0.466. The summed E-state index contributed by atoms with van der Waals surface area (Å²) in [6, 6.07) is 12.8. The molecule has 1 aliphatic heterocycles. The van der Waals surface area contributed by atoms with Crippen LogP contribution in [0.5, 0.6) is 0 Å². The Morgan fingerprint density at radius 3 is 2.42 bits per heavy atom. The predicted molar refractivity (Wildman–Crippen MR) is 132 cm³/mol. The number of H-pyrrole nitrogens is 1. The molecule has 186 valence electrons. The van der Waals surface area contributed by atoms with Gasteiger partial charge >= 0.3 is 0 Å². The molecule has 0 unspecified atom stereocenters. The van der Waals surface area contributed by atoms with Crippen molar-refractivity contribution < 1.29 is 18.7 Å². The van der Waals surface area contributed by atoms with Crippen LogP contribution in [0, 0.1) is 5.82 Å². The molecule has 1 amide bonds. The van der Waals surface area contributed by atoms with Gasteiger partial charge in [0.05, 0.1) is 42.7 Å². The zero-order valence-electron chi connectivity index (χ0n) is 20.0. The first-order valence-corrected chi connectivity index (χ1v) is 11.6. The number of hydrogen-bond donors (Lipinski definition) is 1. The van der Waals surface area contributed by atoms with Gasteiger partial charge in [0.2, 0.25) is 0 Å². The van der Waals surface area contributed by atoms with Crippen molar-refractivity contribution in [2.75, 3.05) is 27.4 Å². The van der Waals surface area contributed by atoms with Gasteiger partial charge in [-0.1, -0.05) is 5.21 Å². The number of fused-ring (bicyclic) bond motifs is 1. The highest BCUT2D eigenvalue weighted by Gasteiger charge is 2.37. The molecule has 0 radical (unpaired) electrons. The number of pyridine rings is 1. The minimum atomic E-state index is -0.394. The number of carbonyl (C=O) groups excluding carboxylic acids is 1. The van der Waals surface area contributed by atoms with E-state index in [4.69, 9.17) is 9.47 Å². The van der Waals surface area contributed by atoms with Gasteiger partial charge < -0.3 is 19.4 Å². The van der Waals surface area contributed by atoms with E-state index in [9.17, 15) is 14.0 Å². The lowest BCUT2D eigenvalue weighted by atomic mass is 10.1. The monoisotopic (exact) mass is 491 g/mol. The van der Waals surface area contributed by atoms with Crippen LogP contribution in [0.3, 0.4) is 0 Å². The molecule has 1 N–H and O–H groups in total. The van der Waals surface area contributed by atoms with Gasteiger partial charge in [-0.2, -0.15) is 0 Å². The summed E-state index contributed by atoms with van der Waals surface area (Å²) in [5, 5.41) is 8.83. The maximum absolute atomic E-state index is 13.6. The minimum absolute atomic E-state index is 0.00807. The molecular formula is C26H26FN5O4. The summed E-state index contributed by atoms with van der Waals surface area (Å²) >= 11 is 0. The van der Waals surface area contributed by atoms with Gasteiger partial charge in [-0.3, -0.25) is 9.59 Å². The molecule has 36 heavy (non-hydrogen) atoms. The Bertz CT molecular complexity index is 1430. The lowest BCUT2D eigenvalue weighted by Crippen LogP contribution is -2.44. The van der Waals surface area contributed by atoms with Gasteiger partial charge in [0, 0.05) is 30.7 Å². The summed E-state index contributed by atoms with van der Waals surface area (Å²) in [7, 11) is 3.27. The fourth-order valence-corrected chi connectivity index (χ4v) is 4.79. The topological polar surface area (TPSA) is 102 Å². The van der Waals surface area contributed by atoms with Crippen molar-refractivity contribution in [2.45, 2.75) is 24.9 Å². The first-order valence-electron chi connectivity index (χ1n) is 11.6. The fraction of sp³-hybridized carbons (Fsp3) is 0.308. The van der Waals surface area contributed by atoms with Gasteiger partial charge in [0.25, 0.3) is 11.5 Å². The lowest BCUT2D eigenvalue weighted by Gasteiger charge is -2.30. The van der Waals surface area contributed by atoms with Gasteiger partial charge in [-0.05, 0) is 61.4 Å². The standard InChI is InChI=1S/C26H26FN5O4/c1-35-14-20-8-9-21(15-36-2)32(20)26(34)16-3-6-19(7-4-16)31-13-24(29-30-31)22-12-17-11-18(27)5-10-23(17)28-25(22)33/h3-7,10-13,20-21H,8-9,14-15H2,1-2H3,(H,28,33)/t20-,21-/m1/s1. The molecule has 9 nitrogen and oxygen atoms in total. The molecule has 1 saturated heterocycles. The molecule has 10 heteroatoms. The summed E-state index contributed by atoms with van der Waals surface area (Å²) in [6.07, 6.45) is 3.36. The van der Waals surface area contributed by atoms with E-state index in [-0.39, 0.29) is 29.1 Å². The van der Waals surface area contributed by atoms with Crippen molar-refractivity contribution in [3.8, 4) is 16.9 Å². The number of rotatable bonds is 7. The molecule has 0 aliphatic carbocycles. The molecule has 2 atom stereocenters. The van der Waals surface area contributed by atoms with Crippen LogP contribution < -0.4 is 5.56 Å². The Morgan fingerprint density at radius 2 is 1.75 bits per heavy atom. The molecule has 1 fully saturated rings. The molecule has 5 rings (SSSR count). The normalized spacial score (nSPS) is 17.7. The van der Waals surface area contributed by atoms with E-state index in [1.165, 1.54) is 22.9 Å². The third-order valence-corrected chi connectivity index (χ3v) is 6.53. The number of aromatic nitrogens is 4. The van der Waals surface area contributed by atoms with Crippen LogP contribution in [0.1, 0.15) is 23.2 Å². The quantitative estimate of drug-likeness (QED) is 0.426. The van der Waals surface area contributed by atoms with Crippen LogP contribution >= 0.6 is 0 Å². The summed E-state index contributed by atoms with van der Waals surface area (Å²) in [5.41, 5.74) is 2.06. The van der Waals surface area contributed by atoms with Gasteiger partial charge in [-0.15, -0.1) is 5.10 Å². The van der Waals surface area contributed by atoms with Crippen LogP contribution in [-0.2, 0) is 9.47 Å². The van der Waals surface area contributed by atoms with E-state index >= 15 is 0 Å². The highest BCUT2D eigenvalue weighted by Crippen LogP contribution is 2.27. The van der Waals surface area contributed by atoms with Crippen LogP contribution in [-0.4, -0.2) is 70.3 Å². The zero-order valence-corrected chi connectivity index (χ0v) is 20.0. The van der Waals surface area contributed by atoms with E-state index in [0.29, 0.717) is 41.1 Å². The first kappa shape index (κ1) is 23.8. The molecule has 0 spiro atoms. The number of aromatic amines is 1. The Balaban J connectivity index is 1.39. The van der Waals surface area contributed by atoms with E-state index in [2.05, 4.69) is 15.3 Å². The van der Waals surface area contributed by atoms with Crippen molar-refractivity contribution in [1.29, 1.82) is 0 Å². The number of carbonyl (C=O) groups is 1. The number of amides is 1. The number of nitrogens with one attached hydrogen (secondary N) is 1. The van der Waals surface area contributed by atoms with E-state index in [1.54, 1.807) is 50.7 Å². The van der Waals surface area contributed by atoms with E-state index < -0.39 is 5.82 Å². The number of ether oxygens (including phenoxy) is 2. The zero-order chi connectivity index (χ0) is 25.2. The van der Waals surface area contributed by atoms with Crippen LogP contribution in [0.2, 0.25) is 0 Å². The third kappa shape index (κ3) is 4.52. The third-order valence-electron chi connectivity index (χ3n) is 6.53. The number of benzene rings is 2. The Hall–Kier alpha value is -3.89. The number of likely N-dealkylation sites (tertiary alicyclic amines) is 1. The smallest absolute Gasteiger partial charge is 0.258 e. The Labute approximate surface area is 206 Å². The highest BCUT2D eigenvalue weighted by atomic mass is 19.1. The predicted octanol–water partition coefficient (Wildman–Crippen LogP) is 3.18. The van der Waals surface area contributed by atoms with E-state index in [1.807, 2.05) is 4.90 Å². The average Bonchev–Trinajstić information content (AvgIpc) is 3.52. The number of halogens is 1. The molecule has 4 aromatic rings. The van der Waals surface area contributed by atoms with Crippen molar-refractivity contribution in [2.24, 2.45) is 0 Å². The average molecular weight is 492 g/mol. The number of nitrogens with zero attached hydrogens (tertiary/aromatic N) is 4. The van der Waals surface area contributed by atoms with E-state index in [0.717, 1.165) is 12.8 Å². The highest BCUT2D eigenvalue weighted by molar-refractivity contribution is 5.95. The fourth-order valence-electron chi connectivity index (χ4n) is 4.79. The molecular weight excluding hydrogens is 465 g/mol. The van der Waals surface area contributed by atoms with Crippen molar-refractivity contribution >= 4 is 16.8 Å². The second-order valence-electron chi connectivity index (χ2n) is 8.85. The van der Waals surface area contributed by atoms with Crippen LogP contribution in [0.15, 0.2) is 59.5 Å². The molecule has 0 saturated carbocycles. The first-order chi connectivity index (χ1) is 17.5. The molecule has 0 bridgehead atoms. The Kier molecular flexibility index (Phi) is 6.62.